The summed E-state index contributed by atoms with van der Waals surface area (Å²) in [6.07, 6.45) is 6.33. The third-order valence-electron chi connectivity index (χ3n) is 2.48. The van der Waals surface area contributed by atoms with Crippen LogP contribution in [0.1, 0.15) is 11.5 Å². The summed E-state index contributed by atoms with van der Waals surface area (Å²) < 4.78 is 1.69. The van der Waals surface area contributed by atoms with E-state index in [4.69, 9.17) is 0 Å². The molecule has 0 bridgehead atoms. The molecular weight excluding hydrogens is 232 g/mol. The number of amides is 1. The molecule has 1 amide bonds. The first kappa shape index (κ1) is 12.0. The summed E-state index contributed by atoms with van der Waals surface area (Å²) in [7, 11) is 3.53. The quantitative estimate of drug-likeness (QED) is 0.782. The number of hydrogen-bond acceptors (Lipinski definition) is 4. The van der Waals surface area contributed by atoms with Crippen LogP contribution >= 0.6 is 0 Å². The van der Waals surface area contributed by atoms with Gasteiger partial charge >= 0.3 is 0 Å². The molecule has 18 heavy (non-hydrogen) atoms. The van der Waals surface area contributed by atoms with Crippen molar-refractivity contribution in [3.63, 3.8) is 0 Å². The molecule has 0 saturated heterocycles. The van der Waals surface area contributed by atoms with Crippen LogP contribution in [-0.2, 0) is 18.4 Å². The van der Waals surface area contributed by atoms with E-state index in [-0.39, 0.29) is 5.91 Å². The topological polar surface area (TPSA) is 79.7 Å². The third-order valence-corrected chi connectivity index (χ3v) is 2.48. The minimum atomic E-state index is -0.104. The van der Waals surface area contributed by atoms with Crippen molar-refractivity contribution in [3.05, 3.63) is 36.2 Å². The summed E-state index contributed by atoms with van der Waals surface area (Å²) in [5.41, 5.74) is 0.872. The van der Waals surface area contributed by atoms with Crippen LogP contribution in [0.3, 0.4) is 0 Å². The van der Waals surface area contributed by atoms with Crippen LogP contribution in [0, 0.1) is 0 Å². The third kappa shape index (κ3) is 2.82. The Labute approximate surface area is 104 Å². The van der Waals surface area contributed by atoms with Gasteiger partial charge < -0.3 is 4.90 Å². The molecule has 0 atom stereocenters. The number of aromatic amines is 1. The summed E-state index contributed by atoms with van der Waals surface area (Å²) in [6.45, 7) is 0.397. The van der Waals surface area contributed by atoms with E-state index in [2.05, 4.69) is 20.3 Å². The molecular formula is C11H14N6O. The monoisotopic (exact) mass is 246 g/mol. The molecule has 0 unspecified atom stereocenters. The van der Waals surface area contributed by atoms with Gasteiger partial charge in [-0.1, -0.05) is 0 Å². The molecule has 2 rings (SSSR count). The van der Waals surface area contributed by atoms with E-state index in [1.165, 1.54) is 12.4 Å². The summed E-state index contributed by atoms with van der Waals surface area (Å²) in [4.78, 5) is 17.3. The number of likely N-dealkylation sites (N-methyl/N-ethyl adjacent to an activating group) is 1. The fourth-order valence-corrected chi connectivity index (χ4v) is 1.44. The zero-order valence-electron chi connectivity index (χ0n) is 10.2. The summed E-state index contributed by atoms with van der Waals surface area (Å²) in [5.74, 6) is 0.549. The first-order valence-corrected chi connectivity index (χ1v) is 5.42. The number of nitrogens with zero attached hydrogens (tertiary/aromatic N) is 5. The molecule has 0 aromatic carbocycles. The van der Waals surface area contributed by atoms with Gasteiger partial charge in [-0.05, 0) is 12.1 Å². The number of rotatable bonds is 4. The second kappa shape index (κ2) is 5.26. The molecule has 0 radical (unpaired) electrons. The van der Waals surface area contributed by atoms with E-state index >= 15 is 0 Å². The van der Waals surface area contributed by atoms with Crippen molar-refractivity contribution >= 4 is 12.0 Å². The lowest BCUT2D eigenvalue weighted by molar-refractivity contribution is -0.125. The molecule has 0 fully saturated rings. The highest BCUT2D eigenvalue weighted by Gasteiger charge is 2.07. The molecule has 7 nitrogen and oxygen atoms in total. The summed E-state index contributed by atoms with van der Waals surface area (Å²) in [6, 6.07) is 1.83. The van der Waals surface area contributed by atoms with E-state index in [0.717, 1.165) is 5.69 Å². The van der Waals surface area contributed by atoms with Crippen LogP contribution in [0.5, 0.6) is 0 Å². The number of carbonyl (C=O) groups excluding carboxylic acids is 1. The van der Waals surface area contributed by atoms with Crippen molar-refractivity contribution in [2.75, 3.05) is 7.05 Å². The van der Waals surface area contributed by atoms with Crippen LogP contribution in [0.25, 0.3) is 6.08 Å². The van der Waals surface area contributed by atoms with E-state index in [9.17, 15) is 4.79 Å². The van der Waals surface area contributed by atoms with Gasteiger partial charge in [-0.2, -0.15) is 10.2 Å². The van der Waals surface area contributed by atoms with Crippen molar-refractivity contribution < 1.29 is 4.79 Å². The lowest BCUT2D eigenvalue weighted by Gasteiger charge is -2.12. The number of hydrogen-bond donors (Lipinski definition) is 1. The molecule has 0 aliphatic rings. The maximum Gasteiger partial charge on any atom is 0.246 e. The van der Waals surface area contributed by atoms with E-state index in [1.807, 2.05) is 13.1 Å². The fourth-order valence-electron chi connectivity index (χ4n) is 1.44. The second-order valence-corrected chi connectivity index (χ2v) is 3.84. The van der Waals surface area contributed by atoms with Gasteiger partial charge in [0.25, 0.3) is 0 Å². The summed E-state index contributed by atoms with van der Waals surface area (Å²) in [5, 5.41) is 10.5. The van der Waals surface area contributed by atoms with Crippen molar-refractivity contribution in [1.29, 1.82) is 0 Å². The highest BCUT2D eigenvalue weighted by atomic mass is 16.2. The Morgan fingerprint density at radius 1 is 1.61 bits per heavy atom. The SMILES string of the molecule is CN(Cc1ncn[nH]1)C(=O)C=Cc1ccnn1C. The van der Waals surface area contributed by atoms with Gasteiger partial charge in [0, 0.05) is 26.4 Å². The van der Waals surface area contributed by atoms with Gasteiger partial charge in [0.2, 0.25) is 5.91 Å². The first-order valence-electron chi connectivity index (χ1n) is 5.42. The molecule has 2 heterocycles. The molecule has 1 N–H and O–H groups in total. The predicted molar refractivity (Wildman–Crippen MR) is 65.1 cm³/mol. The highest BCUT2D eigenvalue weighted by Crippen LogP contribution is 2.01. The molecule has 0 spiro atoms. The number of nitrogens with one attached hydrogen (secondary N) is 1. The van der Waals surface area contributed by atoms with Crippen LogP contribution < -0.4 is 0 Å². The minimum absolute atomic E-state index is 0.104. The van der Waals surface area contributed by atoms with E-state index < -0.39 is 0 Å². The maximum atomic E-state index is 11.8. The van der Waals surface area contributed by atoms with Crippen molar-refractivity contribution in [1.82, 2.24) is 29.9 Å². The molecule has 7 heteroatoms. The van der Waals surface area contributed by atoms with Gasteiger partial charge in [-0.3, -0.25) is 14.6 Å². The largest absolute Gasteiger partial charge is 0.335 e. The average Bonchev–Trinajstić information content (AvgIpc) is 2.98. The second-order valence-electron chi connectivity index (χ2n) is 3.84. The zero-order valence-corrected chi connectivity index (χ0v) is 10.2. The number of aryl methyl sites for hydroxylation is 1. The average molecular weight is 246 g/mol. The Hall–Kier alpha value is -2.44. The molecule has 2 aromatic rings. The van der Waals surface area contributed by atoms with Crippen LogP contribution in [0.4, 0.5) is 0 Å². The lowest BCUT2D eigenvalue weighted by Crippen LogP contribution is -2.24. The van der Waals surface area contributed by atoms with Crippen LogP contribution in [0.15, 0.2) is 24.7 Å². The molecule has 94 valence electrons. The Bertz CT molecular complexity index is 542. The van der Waals surface area contributed by atoms with Crippen molar-refractivity contribution in [3.8, 4) is 0 Å². The minimum Gasteiger partial charge on any atom is -0.335 e. The predicted octanol–water partition coefficient (Wildman–Crippen LogP) is 0.210. The molecule has 0 aliphatic carbocycles. The maximum absolute atomic E-state index is 11.8. The number of H-pyrrole nitrogens is 1. The van der Waals surface area contributed by atoms with E-state index in [0.29, 0.717) is 12.4 Å². The van der Waals surface area contributed by atoms with Crippen molar-refractivity contribution in [2.24, 2.45) is 7.05 Å². The summed E-state index contributed by atoms with van der Waals surface area (Å²) >= 11 is 0. The lowest BCUT2D eigenvalue weighted by atomic mass is 10.3. The van der Waals surface area contributed by atoms with Crippen LogP contribution in [-0.4, -0.2) is 42.8 Å². The van der Waals surface area contributed by atoms with Gasteiger partial charge in [0.05, 0.1) is 12.2 Å². The number of carbonyl (C=O) groups is 1. The van der Waals surface area contributed by atoms with Gasteiger partial charge in [-0.25, -0.2) is 4.98 Å². The van der Waals surface area contributed by atoms with Crippen LogP contribution in [0.2, 0.25) is 0 Å². The Morgan fingerprint density at radius 2 is 2.44 bits per heavy atom. The smallest absolute Gasteiger partial charge is 0.246 e. The fraction of sp³-hybridized carbons (Fsp3) is 0.273. The Morgan fingerprint density at radius 3 is 3.06 bits per heavy atom. The standard InChI is InChI=1S/C11H14N6O/c1-16(7-10-12-8-13-15-10)11(18)4-3-9-5-6-14-17(9)2/h3-6,8H,7H2,1-2H3,(H,12,13,15). The van der Waals surface area contributed by atoms with Gasteiger partial charge in [0.1, 0.15) is 12.2 Å². The zero-order chi connectivity index (χ0) is 13.0. The molecule has 2 aromatic heterocycles. The Balaban J connectivity index is 1.95. The number of aromatic nitrogens is 5. The van der Waals surface area contributed by atoms with E-state index in [1.54, 1.807) is 28.9 Å². The first-order chi connectivity index (χ1) is 8.66. The molecule has 0 aliphatic heterocycles. The van der Waals surface area contributed by atoms with Gasteiger partial charge in [0.15, 0.2) is 0 Å². The Kier molecular flexibility index (Phi) is 3.52. The normalized spacial score (nSPS) is 11.0. The van der Waals surface area contributed by atoms with Crippen molar-refractivity contribution in [2.45, 2.75) is 6.54 Å². The van der Waals surface area contributed by atoms with Gasteiger partial charge in [-0.15, -0.1) is 0 Å². The molecule has 0 saturated carbocycles. The highest BCUT2D eigenvalue weighted by molar-refractivity contribution is 5.91.